The van der Waals surface area contributed by atoms with Crippen LogP contribution < -0.4 is 10.1 Å². The monoisotopic (exact) mass is 346 g/mol. The molecule has 2 heterocycles. The minimum absolute atomic E-state index is 0.0681. The summed E-state index contributed by atoms with van der Waals surface area (Å²) >= 11 is 0. The van der Waals surface area contributed by atoms with Crippen molar-refractivity contribution >= 4 is 17.7 Å². The smallest absolute Gasteiger partial charge is 0.343 e. The first-order valence-electron chi connectivity index (χ1n) is 8.42. The number of likely N-dealkylation sites (N-methyl/N-ethyl adjacent to an activating group) is 1. The first-order valence-corrected chi connectivity index (χ1v) is 8.42. The van der Waals surface area contributed by atoms with Crippen LogP contribution in [0.1, 0.15) is 29.6 Å². The lowest BCUT2D eigenvalue weighted by molar-refractivity contribution is -0.172. The number of carboxylic acid groups (broad SMARTS) is 1. The first kappa shape index (κ1) is 16.1. The van der Waals surface area contributed by atoms with Crippen LogP contribution in [0.2, 0.25) is 0 Å². The number of ether oxygens (including phenoxy) is 1. The van der Waals surface area contributed by atoms with Gasteiger partial charge >= 0.3 is 5.97 Å². The zero-order chi connectivity index (χ0) is 17.8. The molecular weight excluding hydrogens is 324 g/mol. The second-order valence-corrected chi connectivity index (χ2v) is 7.44. The van der Waals surface area contributed by atoms with E-state index in [1.165, 1.54) is 7.11 Å². The highest BCUT2D eigenvalue weighted by Gasteiger charge is 2.70. The van der Waals surface area contributed by atoms with Crippen molar-refractivity contribution in [1.29, 1.82) is 0 Å². The Bertz CT molecular complexity index is 730. The third kappa shape index (κ3) is 2.35. The highest BCUT2D eigenvalue weighted by atomic mass is 16.5. The summed E-state index contributed by atoms with van der Waals surface area (Å²) in [6.45, 7) is 2.14. The second kappa shape index (κ2) is 5.32. The van der Waals surface area contributed by atoms with E-state index in [2.05, 4.69) is 15.2 Å². The molecule has 8 nitrogen and oxygen atoms in total. The average molecular weight is 346 g/mol. The van der Waals surface area contributed by atoms with E-state index < -0.39 is 5.97 Å². The van der Waals surface area contributed by atoms with Crippen molar-refractivity contribution in [3.05, 3.63) is 17.8 Å². The minimum atomic E-state index is -1.06. The summed E-state index contributed by atoms with van der Waals surface area (Å²) in [6, 6.07) is 1.55. The van der Waals surface area contributed by atoms with Crippen LogP contribution in [0.4, 0.5) is 5.82 Å². The molecule has 3 aliphatic carbocycles. The van der Waals surface area contributed by atoms with Gasteiger partial charge in [0.1, 0.15) is 17.1 Å². The number of aromatic carboxylic acids is 1. The molecule has 0 radical (unpaired) electrons. The van der Waals surface area contributed by atoms with E-state index in [4.69, 9.17) is 4.74 Å². The van der Waals surface area contributed by atoms with E-state index in [0.29, 0.717) is 18.1 Å². The number of methoxy groups -OCH3 is 1. The fourth-order valence-corrected chi connectivity index (χ4v) is 4.53. The van der Waals surface area contributed by atoms with Gasteiger partial charge in [0.05, 0.1) is 13.7 Å². The molecule has 8 heteroatoms. The molecule has 4 fully saturated rings. The highest BCUT2D eigenvalue weighted by molar-refractivity contribution is 5.96. The molecule has 1 aliphatic heterocycles. The summed E-state index contributed by atoms with van der Waals surface area (Å²) in [7, 11) is 3.29. The van der Waals surface area contributed by atoms with Gasteiger partial charge in [0.2, 0.25) is 5.91 Å². The number of carboxylic acids is 1. The van der Waals surface area contributed by atoms with Gasteiger partial charge in [0.15, 0.2) is 0 Å². The van der Waals surface area contributed by atoms with E-state index in [9.17, 15) is 14.7 Å². The van der Waals surface area contributed by atoms with E-state index >= 15 is 0 Å². The largest absolute Gasteiger partial charge is 0.496 e. The highest BCUT2D eigenvalue weighted by Crippen LogP contribution is 2.65. The van der Waals surface area contributed by atoms with Crippen LogP contribution in [0.5, 0.6) is 5.75 Å². The van der Waals surface area contributed by atoms with Crippen LogP contribution in [0.3, 0.4) is 0 Å². The first-order chi connectivity index (χ1) is 11.9. The van der Waals surface area contributed by atoms with Gasteiger partial charge < -0.3 is 20.1 Å². The zero-order valence-electron chi connectivity index (χ0n) is 14.4. The minimum Gasteiger partial charge on any atom is -0.496 e. The maximum atomic E-state index is 11.9. The number of carbonyl (C=O) groups excluding carboxylic acids is 1. The number of piperazine rings is 1. The zero-order valence-corrected chi connectivity index (χ0v) is 14.4. The van der Waals surface area contributed by atoms with Crippen LogP contribution >= 0.6 is 0 Å². The number of nitrogens with zero attached hydrogens (tertiary/aromatic N) is 3. The standard InChI is InChI=1S/C17H22N4O4/c1-20-5-6-21(7-12(20)22)17-8-16(9-17,10-17)19-14-13(15(23)24)11(25-2)3-4-18-14/h3-4H,5-10H2,1-2H3,(H,18,19)(H,23,24). The summed E-state index contributed by atoms with van der Waals surface area (Å²) in [5, 5.41) is 12.8. The summed E-state index contributed by atoms with van der Waals surface area (Å²) in [5.74, 6) is -0.232. The van der Waals surface area contributed by atoms with Crippen LogP contribution in [-0.2, 0) is 4.79 Å². The number of aromatic nitrogens is 1. The van der Waals surface area contributed by atoms with Crippen molar-refractivity contribution in [1.82, 2.24) is 14.8 Å². The van der Waals surface area contributed by atoms with Crippen LogP contribution in [0, 0.1) is 0 Å². The Labute approximate surface area is 145 Å². The van der Waals surface area contributed by atoms with Gasteiger partial charge in [-0.1, -0.05) is 0 Å². The molecule has 0 spiro atoms. The number of hydrogen-bond donors (Lipinski definition) is 2. The van der Waals surface area contributed by atoms with Gasteiger partial charge in [-0.25, -0.2) is 9.78 Å². The third-order valence-electron chi connectivity index (χ3n) is 5.86. The number of amides is 1. The Morgan fingerprint density at radius 1 is 1.36 bits per heavy atom. The third-order valence-corrected chi connectivity index (χ3v) is 5.86. The number of nitrogens with one attached hydrogen (secondary N) is 1. The Morgan fingerprint density at radius 2 is 2.08 bits per heavy atom. The number of anilines is 1. The molecule has 1 aromatic heterocycles. The Hall–Kier alpha value is -2.35. The predicted octanol–water partition coefficient (Wildman–Crippen LogP) is 0.649. The van der Waals surface area contributed by atoms with E-state index in [-0.39, 0.29) is 22.5 Å². The lowest BCUT2D eigenvalue weighted by atomic mass is 9.43. The quantitative estimate of drug-likeness (QED) is 0.808. The van der Waals surface area contributed by atoms with Crippen molar-refractivity contribution in [3.8, 4) is 5.75 Å². The van der Waals surface area contributed by atoms with Crippen LogP contribution in [0.25, 0.3) is 0 Å². The van der Waals surface area contributed by atoms with Crippen molar-refractivity contribution in [3.63, 3.8) is 0 Å². The molecule has 0 aromatic carbocycles. The van der Waals surface area contributed by atoms with E-state index in [1.54, 1.807) is 17.2 Å². The van der Waals surface area contributed by atoms with Gasteiger partial charge in [-0.15, -0.1) is 0 Å². The lowest BCUT2D eigenvalue weighted by Crippen LogP contribution is -2.82. The maximum Gasteiger partial charge on any atom is 0.343 e. The Morgan fingerprint density at radius 3 is 2.68 bits per heavy atom. The fraction of sp³-hybridized carbons (Fsp3) is 0.588. The number of hydrogen-bond acceptors (Lipinski definition) is 6. The van der Waals surface area contributed by atoms with Gasteiger partial charge in [-0.3, -0.25) is 9.69 Å². The predicted molar refractivity (Wildman–Crippen MR) is 89.9 cm³/mol. The molecule has 2 bridgehead atoms. The molecule has 2 N–H and O–H groups in total. The molecule has 134 valence electrons. The molecule has 5 rings (SSSR count). The molecule has 1 amide bonds. The summed E-state index contributed by atoms with van der Waals surface area (Å²) in [6.07, 6.45) is 4.28. The lowest BCUT2D eigenvalue weighted by Gasteiger charge is -2.74. The van der Waals surface area contributed by atoms with Crippen molar-refractivity contribution in [2.45, 2.75) is 30.3 Å². The van der Waals surface area contributed by atoms with Gasteiger partial charge in [0, 0.05) is 37.4 Å². The molecule has 0 unspecified atom stereocenters. The Balaban J connectivity index is 1.46. The molecule has 25 heavy (non-hydrogen) atoms. The van der Waals surface area contributed by atoms with Gasteiger partial charge in [0.25, 0.3) is 0 Å². The molecule has 1 saturated heterocycles. The summed E-state index contributed by atoms with van der Waals surface area (Å²) in [4.78, 5) is 31.8. The average Bonchev–Trinajstić information content (AvgIpc) is 2.51. The molecular formula is C17H22N4O4. The molecule has 3 saturated carbocycles. The van der Waals surface area contributed by atoms with Gasteiger partial charge in [-0.05, 0) is 25.3 Å². The number of pyridine rings is 1. The van der Waals surface area contributed by atoms with Crippen molar-refractivity contribution in [2.75, 3.05) is 39.1 Å². The number of carbonyl (C=O) groups is 2. The normalized spacial score (nSPS) is 31.1. The van der Waals surface area contributed by atoms with E-state index in [1.807, 2.05) is 7.05 Å². The molecule has 0 atom stereocenters. The fourth-order valence-electron chi connectivity index (χ4n) is 4.53. The van der Waals surface area contributed by atoms with E-state index in [0.717, 1.165) is 32.4 Å². The summed E-state index contributed by atoms with van der Waals surface area (Å²) in [5.41, 5.74) is 0.0424. The van der Waals surface area contributed by atoms with Crippen molar-refractivity contribution < 1.29 is 19.4 Å². The Kier molecular flexibility index (Phi) is 3.44. The summed E-state index contributed by atoms with van der Waals surface area (Å²) < 4.78 is 5.15. The second-order valence-electron chi connectivity index (χ2n) is 7.44. The molecule has 4 aliphatic rings. The van der Waals surface area contributed by atoms with Crippen molar-refractivity contribution in [2.24, 2.45) is 0 Å². The SMILES string of the molecule is COc1ccnc(NC23CC(N4CCN(C)C(=O)C4)(C2)C3)c1C(=O)O. The van der Waals surface area contributed by atoms with Crippen LogP contribution in [-0.4, -0.2) is 76.6 Å². The maximum absolute atomic E-state index is 11.9. The topological polar surface area (TPSA) is 95.0 Å². The van der Waals surface area contributed by atoms with Crippen LogP contribution in [0.15, 0.2) is 12.3 Å². The number of rotatable bonds is 5. The molecule has 1 aromatic rings. The van der Waals surface area contributed by atoms with Gasteiger partial charge in [-0.2, -0.15) is 0 Å².